The van der Waals surface area contributed by atoms with E-state index in [1.807, 2.05) is 13.8 Å². The minimum atomic E-state index is -0.930. The predicted molar refractivity (Wildman–Crippen MR) is 76.1 cm³/mol. The van der Waals surface area contributed by atoms with E-state index in [1.54, 1.807) is 24.3 Å². The first-order valence-corrected chi connectivity index (χ1v) is 6.38. The second-order valence-electron chi connectivity index (χ2n) is 4.56. The number of nitrogens with zero attached hydrogens (tertiary/aromatic N) is 1. The largest absolute Gasteiger partial charge is 0.495 e. The van der Waals surface area contributed by atoms with Crippen LogP contribution in [0.3, 0.4) is 0 Å². The van der Waals surface area contributed by atoms with E-state index in [1.165, 1.54) is 12.0 Å². The van der Waals surface area contributed by atoms with Gasteiger partial charge in [0.15, 0.2) is 0 Å². The standard InChI is InChI=1S/C14H20N2O4/c1-10(2)16(9-8-13(17)18)14(19)15-11-6-4-5-7-12(11)20-3/h4-7,10H,8-9H2,1-3H3,(H,15,19)(H,17,18). The molecule has 0 radical (unpaired) electrons. The Balaban J connectivity index is 2.77. The predicted octanol–water partition coefficient (Wildman–Crippen LogP) is 2.41. The van der Waals surface area contributed by atoms with Crippen molar-refractivity contribution in [1.82, 2.24) is 4.90 Å². The third kappa shape index (κ3) is 4.46. The molecule has 0 spiro atoms. The number of urea groups is 1. The van der Waals surface area contributed by atoms with Gasteiger partial charge in [0, 0.05) is 12.6 Å². The molecule has 0 atom stereocenters. The maximum Gasteiger partial charge on any atom is 0.322 e. The van der Waals surface area contributed by atoms with Gasteiger partial charge in [-0.25, -0.2) is 4.79 Å². The van der Waals surface area contributed by atoms with Crippen LogP contribution in [0.25, 0.3) is 0 Å². The van der Waals surface area contributed by atoms with Crippen LogP contribution in [0.15, 0.2) is 24.3 Å². The first kappa shape index (κ1) is 15.8. The summed E-state index contributed by atoms with van der Waals surface area (Å²) in [7, 11) is 1.52. The summed E-state index contributed by atoms with van der Waals surface area (Å²) in [6.45, 7) is 3.83. The maximum absolute atomic E-state index is 12.2. The fraction of sp³-hybridized carbons (Fsp3) is 0.429. The van der Waals surface area contributed by atoms with E-state index in [9.17, 15) is 9.59 Å². The Kier molecular flexibility index (Phi) is 5.83. The van der Waals surface area contributed by atoms with Crippen molar-refractivity contribution in [2.24, 2.45) is 0 Å². The van der Waals surface area contributed by atoms with Gasteiger partial charge in [-0.15, -0.1) is 0 Å². The molecule has 0 aliphatic rings. The molecular weight excluding hydrogens is 260 g/mol. The fourth-order valence-electron chi connectivity index (χ4n) is 1.75. The molecule has 1 aromatic rings. The number of rotatable bonds is 6. The van der Waals surface area contributed by atoms with Crippen LogP contribution < -0.4 is 10.1 Å². The van der Waals surface area contributed by atoms with Gasteiger partial charge in [0.25, 0.3) is 0 Å². The number of carbonyl (C=O) groups is 2. The number of anilines is 1. The number of methoxy groups -OCH3 is 1. The summed E-state index contributed by atoms with van der Waals surface area (Å²) in [6, 6.07) is 6.63. The average Bonchev–Trinajstić information content (AvgIpc) is 2.38. The molecule has 0 saturated carbocycles. The van der Waals surface area contributed by atoms with Crippen LogP contribution in [0.5, 0.6) is 5.75 Å². The topological polar surface area (TPSA) is 78.9 Å². The Morgan fingerprint density at radius 2 is 2.00 bits per heavy atom. The van der Waals surface area contributed by atoms with Gasteiger partial charge in [-0.2, -0.15) is 0 Å². The van der Waals surface area contributed by atoms with Crippen LogP contribution >= 0.6 is 0 Å². The fourth-order valence-corrected chi connectivity index (χ4v) is 1.75. The number of benzene rings is 1. The smallest absolute Gasteiger partial charge is 0.322 e. The van der Waals surface area contributed by atoms with Gasteiger partial charge in [0.05, 0.1) is 19.2 Å². The summed E-state index contributed by atoms with van der Waals surface area (Å²) >= 11 is 0. The molecule has 0 aromatic heterocycles. The summed E-state index contributed by atoms with van der Waals surface area (Å²) in [5.41, 5.74) is 0.556. The normalized spacial score (nSPS) is 10.2. The monoisotopic (exact) mass is 280 g/mol. The molecule has 2 amide bonds. The van der Waals surface area contributed by atoms with Crippen LogP contribution in [0.1, 0.15) is 20.3 Å². The number of ether oxygens (including phenoxy) is 1. The summed E-state index contributed by atoms with van der Waals surface area (Å²) in [4.78, 5) is 24.3. The Bertz CT molecular complexity index is 474. The van der Waals surface area contributed by atoms with Gasteiger partial charge in [0.1, 0.15) is 5.75 Å². The number of hydrogen-bond donors (Lipinski definition) is 2. The van der Waals surface area contributed by atoms with E-state index in [4.69, 9.17) is 9.84 Å². The van der Waals surface area contributed by atoms with Crippen molar-refractivity contribution in [3.63, 3.8) is 0 Å². The third-order valence-electron chi connectivity index (χ3n) is 2.80. The Hall–Kier alpha value is -2.24. The molecule has 0 heterocycles. The number of nitrogens with one attached hydrogen (secondary N) is 1. The number of hydrogen-bond acceptors (Lipinski definition) is 3. The van der Waals surface area contributed by atoms with Crippen molar-refractivity contribution in [2.45, 2.75) is 26.3 Å². The number of aliphatic carboxylic acids is 1. The van der Waals surface area contributed by atoms with Gasteiger partial charge in [-0.3, -0.25) is 4.79 Å². The lowest BCUT2D eigenvalue weighted by Gasteiger charge is -2.26. The zero-order valence-corrected chi connectivity index (χ0v) is 11.9. The summed E-state index contributed by atoms with van der Waals surface area (Å²) in [5.74, 6) is -0.372. The van der Waals surface area contributed by atoms with Crippen LogP contribution in [-0.2, 0) is 4.79 Å². The minimum Gasteiger partial charge on any atom is -0.495 e. The average molecular weight is 280 g/mol. The molecule has 0 unspecified atom stereocenters. The summed E-state index contributed by atoms with van der Waals surface area (Å²) in [6.07, 6.45) is -0.0858. The van der Waals surface area contributed by atoms with Crippen molar-refractivity contribution in [2.75, 3.05) is 19.0 Å². The van der Waals surface area contributed by atoms with Crippen molar-refractivity contribution in [3.8, 4) is 5.75 Å². The van der Waals surface area contributed by atoms with E-state index in [2.05, 4.69) is 5.32 Å². The minimum absolute atomic E-state index is 0.0858. The van der Waals surface area contributed by atoms with Gasteiger partial charge in [-0.05, 0) is 26.0 Å². The van der Waals surface area contributed by atoms with Crippen LogP contribution in [0.4, 0.5) is 10.5 Å². The van der Waals surface area contributed by atoms with Crippen molar-refractivity contribution in [1.29, 1.82) is 0 Å². The Labute approximate surface area is 118 Å². The first-order valence-electron chi connectivity index (χ1n) is 6.38. The Morgan fingerprint density at radius 3 is 2.55 bits per heavy atom. The molecular formula is C14H20N2O4. The molecule has 6 nitrogen and oxygen atoms in total. The zero-order valence-electron chi connectivity index (χ0n) is 11.9. The highest BCUT2D eigenvalue weighted by atomic mass is 16.5. The number of carbonyl (C=O) groups excluding carboxylic acids is 1. The molecule has 0 saturated heterocycles. The summed E-state index contributed by atoms with van der Waals surface area (Å²) < 4.78 is 5.16. The number of carboxylic acids is 1. The van der Waals surface area contributed by atoms with Gasteiger partial charge >= 0.3 is 12.0 Å². The number of para-hydroxylation sites is 2. The summed E-state index contributed by atoms with van der Waals surface area (Å²) in [5, 5.41) is 11.5. The van der Waals surface area contributed by atoms with Crippen LogP contribution in [-0.4, -0.2) is 41.7 Å². The molecule has 2 N–H and O–H groups in total. The highest BCUT2D eigenvalue weighted by Gasteiger charge is 2.19. The lowest BCUT2D eigenvalue weighted by molar-refractivity contribution is -0.137. The van der Waals surface area contributed by atoms with Gasteiger partial charge in [-0.1, -0.05) is 12.1 Å². The first-order chi connectivity index (χ1) is 9.45. The van der Waals surface area contributed by atoms with E-state index < -0.39 is 5.97 Å². The molecule has 1 rings (SSSR count). The molecule has 0 aliphatic carbocycles. The molecule has 110 valence electrons. The Morgan fingerprint density at radius 1 is 1.35 bits per heavy atom. The van der Waals surface area contributed by atoms with Crippen molar-refractivity contribution >= 4 is 17.7 Å². The number of amides is 2. The molecule has 0 aliphatic heterocycles. The second-order valence-corrected chi connectivity index (χ2v) is 4.56. The van der Waals surface area contributed by atoms with Gasteiger partial charge < -0.3 is 20.1 Å². The maximum atomic E-state index is 12.2. The SMILES string of the molecule is COc1ccccc1NC(=O)N(CCC(=O)O)C(C)C. The molecule has 20 heavy (non-hydrogen) atoms. The van der Waals surface area contributed by atoms with Crippen molar-refractivity contribution in [3.05, 3.63) is 24.3 Å². The van der Waals surface area contributed by atoms with Crippen LogP contribution in [0.2, 0.25) is 0 Å². The third-order valence-corrected chi connectivity index (χ3v) is 2.80. The van der Waals surface area contributed by atoms with E-state index in [0.717, 1.165) is 0 Å². The van der Waals surface area contributed by atoms with Gasteiger partial charge in [0.2, 0.25) is 0 Å². The lowest BCUT2D eigenvalue weighted by Crippen LogP contribution is -2.41. The molecule has 6 heteroatoms. The van der Waals surface area contributed by atoms with E-state index in [0.29, 0.717) is 11.4 Å². The van der Waals surface area contributed by atoms with E-state index >= 15 is 0 Å². The second kappa shape index (κ2) is 7.37. The zero-order chi connectivity index (χ0) is 15.1. The highest BCUT2D eigenvalue weighted by Crippen LogP contribution is 2.23. The van der Waals surface area contributed by atoms with Crippen LogP contribution in [0, 0.1) is 0 Å². The molecule has 1 aromatic carbocycles. The lowest BCUT2D eigenvalue weighted by atomic mass is 10.2. The number of carboxylic acid groups (broad SMARTS) is 1. The molecule has 0 fully saturated rings. The van der Waals surface area contributed by atoms with E-state index in [-0.39, 0.29) is 25.0 Å². The highest BCUT2D eigenvalue weighted by molar-refractivity contribution is 5.91. The molecule has 0 bridgehead atoms. The quantitative estimate of drug-likeness (QED) is 0.838. The van der Waals surface area contributed by atoms with Crippen molar-refractivity contribution < 1.29 is 19.4 Å².